The molecule has 0 saturated carbocycles. The van der Waals surface area contributed by atoms with Crippen molar-refractivity contribution >= 4 is 17.9 Å². The SMILES string of the molecule is CC(C(=O)O)(c1cc(C(C)(C(=O)O)c2ccc(-c3ccccc3)c(F)c2)cc(C(C)(C(=O)O)c2ccc(-c3ccccc3)c(F)c2)c1)c1ccc(-c2ccccc2)c(F)c1. The van der Waals surface area contributed by atoms with Gasteiger partial charge in [0.1, 0.15) is 33.7 Å². The van der Waals surface area contributed by atoms with Crippen molar-refractivity contribution in [2.45, 2.75) is 37.0 Å². The molecule has 0 aliphatic carbocycles. The van der Waals surface area contributed by atoms with Crippen molar-refractivity contribution in [2.75, 3.05) is 0 Å². The quantitative estimate of drug-likeness (QED) is 0.113. The van der Waals surface area contributed by atoms with Crippen molar-refractivity contribution in [3.05, 3.63) is 215 Å². The minimum absolute atomic E-state index is 0.0270. The van der Waals surface area contributed by atoms with Crippen molar-refractivity contribution in [3.63, 3.8) is 0 Å². The van der Waals surface area contributed by atoms with Crippen LogP contribution in [0.25, 0.3) is 33.4 Å². The molecule has 6 nitrogen and oxygen atoms in total. The first-order valence-electron chi connectivity index (χ1n) is 19.0. The number of hydrogen-bond acceptors (Lipinski definition) is 3. The van der Waals surface area contributed by atoms with Crippen LogP contribution in [0.1, 0.15) is 54.2 Å². The maximum absolute atomic E-state index is 16.0. The normalized spacial score (nSPS) is 14.3. The largest absolute Gasteiger partial charge is 0.480 e. The van der Waals surface area contributed by atoms with Crippen LogP contribution in [0.15, 0.2) is 164 Å². The minimum atomic E-state index is -2.12. The average Bonchev–Trinajstić information content (AvgIpc) is 3.25. The van der Waals surface area contributed by atoms with Crippen LogP contribution >= 0.6 is 0 Å². The summed E-state index contributed by atoms with van der Waals surface area (Å²) >= 11 is 0. The third-order valence-electron chi connectivity index (χ3n) is 11.8. The standard InChI is InChI=1S/C51H39F3O6/c1-49(46(55)56,34-19-22-40(43(52)28-34)31-13-7-4-8-14-31)37-25-38(50(2,47(57)58)35-20-23-41(44(53)29-35)32-15-9-5-10-16-32)27-39(26-37)51(3,48(59)60)36-21-24-42(45(54)30-36)33-17-11-6-12-18-33/h4-30H,1-3H3,(H,55,56)(H,57,58)(H,59,60). The monoisotopic (exact) mass is 804 g/mol. The van der Waals surface area contributed by atoms with Gasteiger partial charge in [0.15, 0.2) is 0 Å². The van der Waals surface area contributed by atoms with E-state index in [-0.39, 0.29) is 50.1 Å². The molecule has 3 atom stereocenters. The zero-order valence-electron chi connectivity index (χ0n) is 32.8. The molecule has 7 aromatic carbocycles. The van der Waals surface area contributed by atoms with Crippen molar-refractivity contribution in [2.24, 2.45) is 0 Å². The second-order valence-corrected chi connectivity index (χ2v) is 15.3. The summed E-state index contributed by atoms with van der Waals surface area (Å²) in [6.07, 6.45) is 0. The highest BCUT2D eigenvalue weighted by molar-refractivity contribution is 5.91. The Bertz CT molecular complexity index is 2460. The Hall–Kier alpha value is -7.26. The summed E-state index contributed by atoms with van der Waals surface area (Å²) in [5, 5.41) is 33.2. The van der Waals surface area contributed by atoms with E-state index < -0.39 is 51.6 Å². The Kier molecular flexibility index (Phi) is 10.8. The Morgan fingerprint density at radius 1 is 0.350 bits per heavy atom. The highest BCUT2D eigenvalue weighted by Crippen LogP contribution is 2.44. The predicted octanol–water partition coefficient (Wildman–Crippen LogP) is 11.3. The van der Waals surface area contributed by atoms with Gasteiger partial charge in [0.05, 0.1) is 0 Å². The predicted molar refractivity (Wildman–Crippen MR) is 224 cm³/mol. The van der Waals surface area contributed by atoms with Crippen LogP contribution in [0.2, 0.25) is 0 Å². The molecular weight excluding hydrogens is 766 g/mol. The molecule has 300 valence electrons. The van der Waals surface area contributed by atoms with Crippen LogP contribution in [-0.4, -0.2) is 33.2 Å². The van der Waals surface area contributed by atoms with Gasteiger partial charge in [-0.3, -0.25) is 14.4 Å². The number of halogens is 3. The van der Waals surface area contributed by atoms with Gasteiger partial charge in [-0.1, -0.05) is 146 Å². The molecule has 0 aliphatic rings. The number of benzene rings is 7. The van der Waals surface area contributed by atoms with E-state index in [4.69, 9.17) is 0 Å². The van der Waals surface area contributed by atoms with Gasteiger partial charge in [0.2, 0.25) is 0 Å². The fourth-order valence-corrected chi connectivity index (χ4v) is 7.77. The maximum atomic E-state index is 16.0. The highest BCUT2D eigenvalue weighted by Gasteiger charge is 2.46. The molecule has 0 radical (unpaired) electrons. The lowest BCUT2D eigenvalue weighted by Crippen LogP contribution is -2.39. The third-order valence-corrected chi connectivity index (χ3v) is 11.8. The van der Waals surface area contributed by atoms with Gasteiger partial charge >= 0.3 is 17.9 Å². The molecule has 3 N–H and O–H groups in total. The van der Waals surface area contributed by atoms with E-state index in [1.807, 2.05) is 0 Å². The first-order valence-corrected chi connectivity index (χ1v) is 19.0. The van der Waals surface area contributed by atoms with E-state index in [1.165, 1.54) is 75.4 Å². The van der Waals surface area contributed by atoms with E-state index in [2.05, 4.69) is 0 Å². The average molecular weight is 805 g/mol. The molecule has 7 aromatic rings. The molecular formula is C51H39F3O6. The summed E-state index contributed by atoms with van der Waals surface area (Å²) in [5.74, 6) is -6.54. The molecule has 0 bridgehead atoms. The van der Waals surface area contributed by atoms with E-state index in [0.29, 0.717) is 16.7 Å². The fourth-order valence-electron chi connectivity index (χ4n) is 7.77. The summed E-state index contributed by atoms with van der Waals surface area (Å²) in [4.78, 5) is 40.8. The van der Waals surface area contributed by atoms with Crippen LogP contribution in [0.5, 0.6) is 0 Å². The van der Waals surface area contributed by atoms with Gasteiger partial charge in [0.25, 0.3) is 0 Å². The van der Waals surface area contributed by atoms with E-state index in [1.54, 1.807) is 91.0 Å². The first kappa shape index (κ1) is 40.9. The maximum Gasteiger partial charge on any atom is 0.318 e. The number of rotatable bonds is 12. The summed E-state index contributed by atoms with van der Waals surface area (Å²) in [6.45, 7) is 3.94. The summed E-state index contributed by atoms with van der Waals surface area (Å²) in [5.41, 5.74) is -4.47. The Balaban J connectivity index is 1.49. The zero-order valence-corrected chi connectivity index (χ0v) is 32.8. The van der Waals surface area contributed by atoms with Gasteiger partial charge in [-0.2, -0.15) is 0 Å². The number of aliphatic carboxylic acids is 3. The van der Waals surface area contributed by atoms with E-state index in [0.717, 1.165) is 18.2 Å². The summed E-state index contributed by atoms with van der Waals surface area (Å²) in [7, 11) is 0. The first-order chi connectivity index (χ1) is 28.6. The minimum Gasteiger partial charge on any atom is -0.480 e. The molecule has 7 rings (SSSR count). The van der Waals surface area contributed by atoms with E-state index in [9.17, 15) is 29.7 Å². The van der Waals surface area contributed by atoms with Gasteiger partial charge in [0, 0.05) is 16.7 Å². The Morgan fingerprint density at radius 2 is 0.583 bits per heavy atom. The topological polar surface area (TPSA) is 112 Å². The van der Waals surface area contributed by atoms with Crippen molar-refractivity contribution < 1.29 is 42.9 Å². The van der Waals surface area contributed by atoms with Crippen molar-refractivity contribution in [1.82, 2.24) is 0 Å². The second kappa shape index (κ2) is 15.8. The summed E-state index contributed by atoms with van der Waals surface area (Å²) in [6, 6.07) is 41.9. The lowest BCUT2D eigenvalue weighted by molar-refractivity contribution is -0.142. The van der Waals surface area contributed by atoms with Crippen LogP contribution in [0, 0.1) is 17.5 Å². The van der Waals surface area contributed by atoms with Gasteiger partial charge in [-0.15, -0.1) is 0 Å². The number of carboxylic acids is 3. The number of carbonyl (C=O) groups is 3. The lowest BCUT2D eigenvalue weighted by atomic mass is 9.67. The lowest BCUT2D eigenvalue weighted by Gasteiger charge is -2.34. The number of carboxylic acid groups (broad SMARTS) is 3. The number of hydrogen-bond donors (Lipinski definition) is 3. The van der Waals surface area contributed by atoms with Crippen LogP contribution in [0.4, 0.5) is 13.2 Å². The smallest absolute Gasteiger partial charge is 0.318 e. The van der Waals surface area contributed by atoms with Crippen LogP contribution in [0.3, 0.4) is 0 Å². The van der Waals surface area contributed by atoms with Crippen molar-refractivity contribution in [1.29, 1.82) is 0 Å². The molecule has 9 heteroatoms. The van der Waals surface area contributed by atoms with Gasteiger partial charge in [-0.25, -0.2) is 13.2 Å². The molecule has 0 aliphatic heterocycles. The van der Waals surface area contributed by atoms with E-state index >= 15 is 13.2 Å². The summed E-state index contributed by atoms with van der Waals surface area (Å²) < 4.78 is 48.0. The van der Waals surface area contributed by atoms with Crippen LogP contribution in [-0.2, 0) is 30.6 Å². The molecule has 0 amide bonds. The van der Waals surface area contributed by atoms with Crippen molar-refractivity contribution in [3.8, 4) is 33.4 Å². The van der Waals surface area contributed by atoms with Crippen LogP contribution < -0.4 is 0 Å². The molecule has 60 heavy (non-hydrogen) atoms. The highest BCUT2D eigenvalue weighted by atomic mass is 19.1. The van der Waals surface area contributed by atoms with Gasteiger partial charge in [-0.05, 0) is 89.0 Å². The molecule has 0 spiro atoms. The second-order valence-electron chi connectivity index (χ2n) is 15.3. The Morgan fingerprint density at radius 3 is 0.783 bits per heavy atom. The van der Waals surface area contributed by atoms with Gasteiger partial charge < -0.3 is 15.3 Å². The molecule has 0 aromatic heterocycles. The molecule has 0 heterocycles. The zero-order chi connectivity index (χ0) is 43.0. The third kappa shape index (κ3) is 7.02. The Labute approximate surface area is 344 Å². The fraction of sp³-hybridized carbons (Fsp3) is 0.118. The molecule has 3 unspecified atom stereocenters. The molecule has 0 saturated heterocycles. The molecule has 0 fully saturated rings.